The van der Waals surface area contributed by atoms with Crippen LogP contribution in [-0.4, -0.2) is 55.7 Å². The van der Waals surface area contributed by atoms with Gasteiger partial charge in [-0.15, -0.1) is 0 Å². The van der Waals surface area contributed by atoms with Crippen LogP contribution in [0.4, 0.5) is 5.69 Å². The first-order valence-electron chi connectivity index (χ1n) is 9.00. The van der Waals surface area contributed by atoms with Crippen LogP contribution in [0.5, 0.6) is 0 Å². The van der Waals surface area contributed by atoms with E-state index in [0.29, 0.717) is 12.1 Å². The van der Waals surface area contributed by atoms with Gasteiger partial charge < -0.3 is 28.5 Å². The number of para-hydroxylation sites is 1. The Bertz CT molecular complexity index is 659. The van der Waals surface area contributed by atoms with Gasteiger partial charge in [0.05, 0.1) is 38.9 Å². The predicted molar refractivity (Wildman–Crippen MR) is 104 cm³/mol. The van der Waals surface area contributed by atoms with E-state index in [0.717, 1.165) is 29.8 Å². The highest BCUT2D eigenvalue weighted by molar-refractivity contribution is 5.95. The van der Waals surface area contributed by atoms with E-state index in [1.54, 1.807) is 0 Å². The molecule has 0 bridgehead atoms. The first-order valence-corrected chi connectivity index (χ1v) is 9.00. The molecule has 26 heavy (non-hydrogen) atoms. The maximum absolute atomic E-state index is 13.1. The molecule has 0 saturated carbocycles. The van der Waals surface area contributed by atoms with Crippen LogP contribution < -0.4 is 29.0 Å². The third kappa shape index (κ3) is 5.71. The number of quaternary nitrogens is 1. The van der Waals surface area contributed by atoms with Crippen molar-refractivity contribution < 1.29 is 33.3 Å². The van der Waals surface area contributed by atoms with Crippen molar-refractivity contribution in [3.63, 3.8) is 0 Å². The second kappa shape index (κ2) is 10.5. The zero-order valence-corrected chi connectivity index (χ0v) is 18.4. The Morgan fingerprint density at radius 1 is 0.923 bits per heavy atom. The minimum atomic E-state index is 0. The zero-order chi connectivity index (χ0) is 18.3. The molecular formula is C21H30IN3O. The monoisotopic (exact) mass is 467 g/mol. The average molecular weight is 467 g/mol. The summed E-state index contributed by atoms with van der Waals surface area (Å²) < 4.78 is 0.946. The Kier molecular flexibility index (Phi) is 9.08. The third-order valence-electron chi connectivity index (χ3n) is 5.13. The third-order valence-corrected chi connectivity index (χ3v) is 5.13. The summed E-state index contributed by atoms with van der Waals surface area (Å²) >= 11 is 0. The first-order chi connectivity index (χ1) is 12.0. The van der Waals surface area contributed by atoms with Crippen LogP contribution in [0.25, 0.3) is 0 Å². The minimum absolute atomic E-state index is 0. The van der Waals surface area contributed by atoms with Gasteiger partial charge in [0, 0.05) is 12.6 Å². The molecule has 0 aliphatic rings. The number of carbonyl (C=O) groups is 1. The van der Waals surface area contributed by atoms with Crippen LogP contribution >= 0.6 is 0 Å². The molecule has 1 amide bonds. The number of likely N-dealkylation sites (N-methyl/N-ethyl adjacent to an activating group) is 1. The second-order valence-electron chi connectivity index (χ2n) is 6.63. The predicted octanol–water partition coefficient (Wildman–Crippen LogP) is 0.671. The van der Waals surface area contributed by atoms with Crippen molar-refractivity contribution in [1.82, 2.24) is 5.01 Å². The highest BCUT2D eigenvalue weighted by atomic mass is 127. The highest BCUT2D eigenvalue weighted by Crippen LogP contribution is 2.17. The molecule has 5 heteroatoms. The summed E-state index contributed by atoms with van der Waals surface area (Å²) in [5.74, 6) is 0.0331. The van der Waals surface area contributed by atoms with Crippen LogP contribution in [0.3, 0.4) is 0 Å². The fourth-order valence-electron chi connectivity index (χ4n) is 2.78. The van der Waals surface area contributed by atoms with Crippen LogP contribution in [0.1, 0.15) is 24.2 Å². The van der Waals surface area contributed by atoms with Gasteiger partial charge in [-0.05, 0) is 38.1 Å². The van der Waals surface area contributed by atoms with Crippen LogP contribution in [0.15, 0.2) is 60.7 Å². The molecule has 0 N–H and O–H groups in total. The Morgan fingerprint density at radius 3 is 1.92 bits per heavy atom. The lowest BCUT2D eigenvalue weighted by atomic mass is 10.2. The molecule has 0 aromatic heterocycles. The summed E-state index contributed by atoms with van der Waals surface area (Å²) in [5, 5.41) is 3.82. The molecule has 0 unspecified atom stereocenters. The van der Waals surface area contributed by atoms with E-state index in [1.807, 2.05) is 77.7 Å². The van der Waals surface area contributed by atoms with Crippen LogP contribution in [-0.2, 0) is 0 Å². The van der Waals surface area contributed by atoms with Crippen LogP contribution in [0, 0.1) is 0 Å². The van der Waals surface area contributed by atoms with Gasteiger partial charge >= 0.3 is 0 Å². The molecule has 0 saturated heterocycles. The van der Waals surface area contributed by atoms with Gasteiger partial charge in [-0.3, -0.25) is 9.80 Å². The summed E-state index contributed by atoms with van der Waals surface area (Å²) in [7, 11) is 4.20. The van der Waals surface area contributed by atoms with E-state index in [1.165, 1.54) is 0 Å². The number of hydrazine groups is 1. The lowest BCUT2D eigenvalue weighted by molar-refractivity contribution is -0.905. The molecule has 0 radical (unpaired) electrons. The lowest BCUT2D eigenvalue weighted by Gasteiger charge is -2.38. The van der Waals surface area contributed by atoms with E-state index in [4.69, 9.17) is 0 Å². The quantitative estimate of drug-likeness (QED) is 0.324. The number of benzene rings is 2. The van der Waals surface area contributed by atoms with Crippen LogP contribution in [0.2, 0.25) is 0 Å². The summed E-state index contributed by atoms with van der Waals surface area (Å²) in [6.45, 7) is 8.11. The van der Waals surface area contributed by atoms with E-state index >= 15 is 0 Å². The molecule has 0 fully saturated rings. The second-order valence-corrected chi connectivity index (χ2v) is 6.63. The van der Waals surface area contributed by atoms with E-state index in [2.05, 4.69) is 20.9 Å². The van der Waals surface area contributed by atoms with Gasteiger partial charge in [0.15, 0.2) is 0 Å². The lowest BCUT2D eigenvalue weighted by Crippen LogP contribution is -3.00. The van der Waals surface area contributed by atoms with E-state index < -0.39 is 0 Å². The molecule has 2 aromatic rings. The standard InChI is InChI=1S/C21H30N3O.HI/c1-5-24(4,6-2)18-17-23(21(25)19-13-9-7-10-14-19)22(3)20-15-11-8-12-16-20;/h7-16H,5-6,17-18H2,1-4H3;1H/q+1;/p-1. The number of rotatable bonds is 8. The Hall–Kier alpha value is -1.60. The maximum Gasteiger partial charge on any atom is 0.272 e. The SMILES string of the molecule is CC[N+](C)(CC)CCN(C(=O)c1ccccc1)N(C)c1ccccc1.[I-]. The molecule has 4 nitrogen and oxygen atoms in total. The number of carbonyl (C=O) groups excluding carboxylic acids is 1. The number of nitrogens with zero attached hydrogens (tertiary/aromatic N) is 3. The number of amides is 1. The van der Waals surface area contributed by atoms with Gasteiger partial charge in [-0.2, -0.15) is 0 Å². The van der Waals surface area contributed by atoms with Crippen molar-refractivity contribution in [1.29, 1.82) is 0 Å². The van der Waals surface area contributed by atoms with Gasteiger partial charge in [-0.25, -0.2) is 5.01 Å². The van der Waals surface area contributed by atoms with Crippen molar-refractivity contribution in [2.45, 2.75) is 13.8 Å². The summed E-state index contributed by atoms with van der Waals surface area (Å²) in [5.41, 5.74) is 1.72. The van der Waals surface area contributed by atoms with Gasteiger partial charge in [0.1, 0.15) is 0 Å². The Morgan fingerprint density at radius 2 is 1.42 bits per heavy atom. The average Bonchev–Trinajstić information content (AvgIpc) is 2.68. The number of halogens is 1. The van der Waals surface area contributed by atoms with Crippen molar-refractivity contribution in [3.8, 4) is 0 Å². The minimum Gasteiger partial charge on any atom is -1.00 e. The summed E-state index contributed by atoms with van der Waals surface area (Å²) in [6, 6.07) is 19.5. The maximum atomic E-state index is 13.1. The topological polar surface area (TPSA) is 23.6 Å². The Balaban J connectivity index is 0.00000338. The van der Waals surface area contributed by atoms with E-state index in [9.17, 15) is 4.79 Å². The van der Waals surface area contributed by atoms with E-state index in [-0.39, 0.29) is 29.9 Å². The molecule has 0 atom stereocenters. The smallest absolute Gasteiger partial charge is 0.272 e. The van der Waals surface area contributed by atoms with Gasteiger partial charge in [-0.1, -0.05) is 36.4 Å². The largest absolute Gasteiger partial charge is 1.00 e. The normalized spacial score (nSPS) is 10.8. The van der Waals surface area contributed by atoms with Gasteiger partial charge in [0.2, 0.25) is 0 Å². The number of hydrogen-bond donors (Lipinski definition) is 0. The number of anilines is 1. The molecule has 0 aliphatic heterocycles. The first kappa shape index (κ1) is 22.4. The molecule has 0 spiro atoms. The summed E-state index contributed by atoms with van der Waals surface area (Å²) in [4.78, 5) is 13.1. The molecule has 142 valence electrons. The fourth-order valence-corrected chi connectivity index (χ4v) is 2.78. The Labute approximate surface area is 175 Å². The molecular weight excluding hydrogens is 437 g/mol. The molecule has 2 rings (SSSR count). The molecule has 0 aliphatic carbocycles. The molecule has 2 aromatic carbocycles. The number of hydrogen-bond acceptors (Lipinski definition) is 2. The fraction of sp³-hybridized carbons (Fsp3) is 0.381. The van der Waals surface area contributed by atoms with Crippen molar-refractivity contribution in [3.05, 3.63) is 66.2 Å². The van der Waals surface area contributed by atoms with Crippen molar-refractivity contribution in [2.24, 2.45) is 0 Å². The highest BCUT2D eigenvalue weighted by Gasteiger charge is 2.25. The summed E-state index contributed by atoms with van der Waals surface area (Å²) in [6.07, 6.45) is 0. The van der Waals surface area contributed by atoms with Gasteiger partial charge in [0.25, 0.3) is 5.91 Å². The van der Waals surface area contributed by atoms with Crippen molar-refractivity contribution in [2.75, 3.05) is 45.3 Å². The van der Waals surface area contributed by atoms with Crippen molar-refractivity contribution >= 4 is 11.6 Å². The molecule has 0 heterocycles. The zero-order valence-electron chi connectivity index (χ0n) is 16.2.